The van der Waals surface area contributed by atoms with Gasteiger partial charge in [-0.25, -0.2) is 0 Å². The maximum atomic E-state index is 11.5. The quantitative estimate of drug-likeness (QED) is 0.640. The molecule has 0 saturated carbocycles. The van der Waals surface area contributed by atoms with Crippen LogP contribution in [0.2, 0.25) is 0 Å². The number of anilines is 1. The second kappa shape index (κ2) is 3.92. The Morgan fingerprint density at radius 3 is 2.54 bits per heavy atom. The van der Waals surface area contributed by atoms with Crippen molar-refractivity contribution < 1.29 is 4.79 Å². The Kier molecular flexibility index (Phi) is 3.09. The van der Waals surface area contributed by atoms with Crippen molar-refractivity contribution in [3.8, 4) is 0 Å². The van der Waals surface area contributed by atoms with Gasteiger partial charge in [0, 0.05) is 21.6 Å². The summed E-state index contributed by atoms with van der Waals surface area (Å²) >= 11 is 3.29. The van der Waals surface area contributed by atoms with E-state index in [-0.39, 0.29) is 11.7 Å². The van der Waals surface area contributed by atoms with E-state index in [1.54, 1.807) is 18.2 Å². The first-order chi connectivity index (χ1) is 6.02. The molecule has 0 aromatic heterocycles. The lowest BCUT2D eigenvalue weighted by molar-refractivity contribution is 0.0939. The van der Waals surface area contributed by atoms with Crippen LogP contribution in [0.4, 0.5) is 5.69 Å². The fourth-order valence-electron chi connectivity index (χ4n) is 1.01. The van der Waals surface area contributed by atoms with Crippen molar-refractivity contribution in [1.82, 2.24) is 0 Å². The lowest BCUT2D eigenvalue weighted by atomic mass is 10.0. The molecule has 0 bridgehead atoms. The van der Waals surface area contributed by atoms with Crippen molar-refractivity contribution >= 4 is 27.4 Å². The minimum atomic E-state index is 0.0236. The molecular weight excluding hydrogens is 230 g/mol. The maximum Gasteiger partial charge on any atom is 0.165 e. The van der Waals surface area contributed by atoms with E-state index in [9.17, 15) is 4.79 Å². The molecule has 0 fully saturated rings. The molecule has 0 radical (unpaired) electrons. The van der Waals surface area contributed by atoms with Gasteiger partial charge in [-0.3, -0.25) is 4.79 Å². The minimum Gasteiger partial charge on any atom is -0.398 e. The van der Waals surface area contributed by atoms with E-state index in [1.807, 2.05) is 13.8 Å². The topological polar surface area (TPSA) is 43.1 Å². The van der Waals surface area contributed by atoms with E-state index < -0.39 is 0 Å². The van der Waals surface area contributed by atoms with E-state index >= 15 is 0 Å². The molecule has 0 amide bonds. The van der Waals surface area contributed by atoms with Crippen molar-refractivity contribution in [2.45, 2.75) is 13.8 Å². The molecule has 0 heterocycles. The summed E-state index contributed by atoms with van der Waals surface area (Å²) in [6.07, 6.45) is 0. The van der Waals surface area contributed by atoms with Gasteiger partial charge in [-0.2, -0.15) is 0 Å². The zero-order valence-corrected chi connectivity index (χ0v) is 9.26. The maximum absolute atomic E-state index is 11.5. The van der Waals surface area contributed by atoms with E-state index in [0.29, 0.717) is 11.3 Å². The second-order valence-electron chi connectivity index (χ2n) is 3.26. The van der Waals surface area contributed by atoms with Gasteiger partial charge in [-0.15, -0.1) is 0 Å². The predicted octanol–water partition coefficient (Wildman–Crippen LogP) is 2.87. The Balaban J connectivity index is 3.04. The first kappa shape index (κ1) is 10.3. The van der Waals surface area contributed by atoms with Gasteiger partial charge in [0.25, 0.3) is 0 Å². The molecule has 1 rings (SSSR count). The third-order valence-electron chi connectivity index (χ3n) is 1.81. The molecule has 1 aromatic carbocycles. The van der Waals surface area contributed by atoms with Crippen LogP contribution in [-0.4, -0.2) is 5.78 Å². The average Bonchev–Trinajstić information content (AvgIpc) is 2.08. The van der Waals surface area contributed by atoms with Crippen LogP contribution in [-0.2, 0) is 0 Å². The third kappa shape index (κ3) is 2.31. The van der Waals surface area contributed by atoms with Crippen LogP contribution >= 0.6 is 15.9 Å². The van der Waals surface area contributed by atoms with Gasteiger partial charge in [0.05, 0.1) is 0 Å². The van der Waals surface area contributed by atoms with Crippen molar-refractivity contribution in [2.75, 3.05) is 5.73 Å². The zero-order valence-electron chi connectivity index (χ0n) is 7.67. The summed E-state index contributed by atoms with van der Waals surface area (Å²) < 4.78 is 0.777. The van der Waals surface area contributed by atoms with Gasteiger partial charge in [0.2, 0.25) is 0 Å². The molecule has 2 nitrogen and oxygen atoms in total. The number of hydrogen-bond donors (Lipinski definition) is 1. The molecule has 2 N–H and O–H groups in total. The number of halogens is 1. The van der Waals surface area contributed by atoms with Gasteiger partial charge in [-0.05, 0) is 34.1 Å². The first-order valence-electron chi connectivity index (χ1n) is 4.11. The Morgan fingerprint density at radius 2 is 2.08 bits per heavy atom. The number of ketones is 1. The number of hydrogen-bond acceptors (Lipinski definition) is 2. The van der Waals surface area contributed by atoms with Crippen LogP contribution in [0.1, 0.15) is 24.2 Å². The number of carbonyl (C=O) groups excluding carboxylic acids is 1. The fourth-order valence-corrected chi connectivity index (χ4v) is 1.39. The Labute approximate surface area is 86.3 Å². The molecule has 0 aliphatic carbocycles. The molecule has 70 valence electrons. The highest BCUT2D eigenvalue weighted by molar-refractivity contribution is 9.10. The monoisotopic (exact) mass is 241 g/mol. The zero-order chi connectivity index (χ0) is 10.0. The molecule has 0 saturated heterocycles. The number of carbonyl (C=O) groups is 1. The summed E-state index contributed by atoms with van der Waals surface area (Å²) in [6, 6.07) is 5.25. The largest absolute Gasteiger partial charge is 0.398 e. The fraction of sp³-hybridized carbons (Fsp3) is 0.300. The van der Waals surface area contributed by atoms with Crippen LogP contribution in [0.3, 0.4) is 0 Å². The van der Waals surface area contributed by atoms with Gasteiger partial charge in [0.15, 0.2) is 5.78 Å². The second-order valence-corrected chi connectivity index (χ2v) is 4.11. The molecule has 0 aliphatic rings. The standard InChI is InChI=1S/C10H12BrNO/c1-6(2)10(13)7-3-4-9(12)8(11)5-7/h3-6H,12H2,1-2H3. The molecule has 13 heavy (non-hydrogen) atoms. The Hall–Kier alpha value is -0.830. The summed E-state index contributed by atoms with van der Waals surface area (Å²) in [5, 5.41) is 0. The first-order valence-corrected chi connectivity index (χ1v) is 4.91. The SMILES string of the molecule is CC(C)C(=O)c1ccc(N)c(Br)c1. The summed E-state index contributed by atoms with van der Waals surface area (Å²) in [4.78, 5) is 11.5. The smallest absolute Gasteiger partial charge is 0.165 e. The molecule has 0 unspecified atom stereocenters. The number of Topliss-reactive ketones (excluding diaryl/α,β-unsaturated/α-hetero) is 1. The van der Waals surface area contributed by atoms with Crippen LogP contribution in [0.5, 0.6) is 0 Å². The number of benzene rings is 1. The normalized spacial score (nSPS) is 10.5. The van der Waals surface area contributed by atoms with Crippen molar-refractivity contribution in [3.05, 3.63) is 28.2 Å². The molecule has 0 atom stereocenters. The summed E-state index contributed by atoms with van der Waals surface area (Å²) in [5.74, 6) is 0.163. The molecule has 0 spiro atoms. The van der Waals surface area contributed by atoms with Gasteiger partial charge >= 0.3 is 0 Å². The van der Waals surface area contributed by atoms with E-state index in [4.69, 9.17) is 5.73 Å². The average molecular weight is 242 g/mol. The van der Waals surface area contributed by atoms with Crippen molar-refractivity contribution in [3.63, 3.8) is 0 Å². The molecule has 3 heteroatoms. The van der Waals surface area contributed by atoms with Gasteiger partial charge in [-0.1, -0.05) is 13.8 Å². The van der Waals surface area contributed by atoms with Crippen LogP contribution in [0.15, 0.2) is 22.7 Å². The van der Waals surface area contributed by atoms with Gasteiger partial charge < -0.3 is 5.73 Å². The van der Waals surface area contributed by atoms with E-state index in [2.05, 4.69) is 15.9 Å². The number of rotatable bonds is 2. The third-order valence-corrected chi connectivity index (χ3v) is 2.50. The summed E-state index contributed by atoms with van der Waals surface area (Å²) in [5.41, 5.74) is 6.96. The Morgan fingerprint density at radius 1 is 1.46 bits per heavy atom. The molecule has 1 aromatic rings. The highest BCUT2D eigenvalue weighted by Gasteiger charge is 2.10. The Bertz CT molecular complexity index is 334. The lowest BCUT2D eigenvalue weighted by Crippen LogP contribution is -2.07. The number of nitrogens with two attached hydrogens (primary N) is 1. The highest BCUT2D eigenvalue weighted by atomic mass is 79.9. The van der Waals surface area contributed by atoms with E-state index in [0.717, 1.165) is 4.47 Å². The number of nitrogen functional groups attached to an aromatic ring is 1. The van der Waals surface area contributed by atoms with Crippen LogP contribution < -0.4 is 5.73 Å². The molecule has 0 aliphatic heterocycles. The summed E-state index contributed by atoms with van der Waals surface area (Å²) in [6.45, 7) is 3.76. The van der Waals surface area contributed by atoms with Crippen LogP contribution in [0.25, 0.3) is 0 Å². The summed E-state index contributed by atoms with van der Waals surface area (Å²) in [7, 11) is 0. The highest BCUT2D eigenvalue weighted by Crippen LogP contribution is 2.21. The van der Waals surface area contributed by atoms with Crippen LogP contribution in [0, 0.1) is 5.92 Å². The van der Waals surface area contributed by atoms with Crippen molar-refractivity contribution in [1.29, 1.82) is 0 Å². The van der Waals surface area contributed by atoms with Gasteiger partial charge in [0.1, 0.15) is 0 Å². The lowest BCUT2D eigenvalue weighted by Gasteiger charge is -2.05. The minimum absolute atomic E-state index is 0.0236. The molecular formula is C10H12BrNO. The van der Waals surface area contributed by atoms with Crippen molar-refractivity contribution in [2.24, 2.45) is 5.92 Å². The predicted molar refractivity (Wildman–Crippen MR) is 57.7 cm³/mol. The van der Waals surface area contributed by atoms with E-state index in [1.165, 1.54) is 0 Å².